The van der Waals surface area contributed by atoms with Crippen molar-refractivity contribution in [1.82, 2.24) is 19.8 Å². The number of thioether (sulfide) groups is 1. The molecule has 1 atom stereocenters. The Morgan fingerprint density at radius 1 is 1.43 bits per heavy atom. The normalized spacial score (nSPS) is 21.5. The molecule has 2 aromatic rings. The highest BCUT2D eigenvalue weighted by Gasteiger charge is 2.26. The highest BCUT2D eigenvalue weighted by molar-refractivity contribution is 7.98. The fraction of sp³-hybridized carbons (Fsp3) is 0.562. The second-order valence-corrected chi connectivity index (χ2v) is 7.30. The predicted octanol–water partition coefficient (Wildman–Crippen LogP) is 1.69. The topological polar surface area (TPSA) is 64.2 Å². The standard InChI is InChI=1S/C16H20N4O2S/c21-16-8-12-11-23-7-4-15(12)17-20(16)10-14-2-1-5-19(14)9-13-3-6-22-18-13/h3,6,8,14H,1-2,4-5,7,9-11H2. The molecule has 2 aliphatic rings. The van der Waals surface area contributed by atoms with Gasteiger partial charge in [0, 0.05) is 36.9 Å². The van der Waals surface area contributed by atoms with Crippen molar-refractivity contribution in [2.75, 3.05) is 12.3 Å². The van der Waals surface area contributed by atoms with Crippen molar-refractivity contribution in [2.24, 2.45) is 0 Å². The Morgan fingerprint density at radius 2 is 2.39 bits per heavy atom. The van der Waals surface area contributed by atoms with Crippen molar-refractivity contribution in [3.63, 3.8) is 0 Å². The Labute approximate surface area is 138 Å². The molecule has 1 saturated heterocycles. The first-order valence-corrected chi connectivity index (χ1v) is 9.26. The monoisotopic (exact) mass is 332 g/mol. The molecule has 2 aliphatic heterocycles. The summed E-state index contributed by atoms with van der Waals surface area (Å²) in [4.78, 5) is 14.7. The van der Waals surface area contributed by atoms with E-state index < -0.39 is 0 Å². The van der Waals surface area contributed by atoms with E-state index in [9.17, 15) is 4.79 Å². The van der Waals surface area contributed by atoms with Crippen LogP contribution in [0, 0.1) is 0 Å². The molecular weight excluding hydrogens is 312 g/mol. The number of aryl methyl sites for hydroxylation is 1. The molecule has 1 fully saturated rings. The van der Waals surface area contributed by atoms with Gasteiger partial charge < -0.3 is 4.52 Å². The largest absolute Gasteiger partial charge is 0.364 e. The zero-order chi connectivity index (χ0) is 15.6. The van der Waals surface area contributed by atoms with Crippen molar-refractivity contribution < 1.29 is 4.52 Å². The smallest absolute Gasteiger partial charge is 0.267 e. The van der Waals surface area contributed by atoms with Crippen molar-refractivity contribution >= 4 is 11.8 Å². The molecule has 4 rings (SSSR count). The molecule has 0 N–H and O–H groups in total. The summed E-state index contributed by atoms with van der Waals surface area (Å²) >= 11 is 1.88. The predicted molar refractivity (Wildman–Crippen MR) is 88.3 cm³/mol. The summed E-state index contributed by atoms with van der Waals surface area (Å²) in [6.07, 6.45) is 4.82. The average molecular weight is 332 g/mol. The zero-order valence-corrected chi connectivity index (χ0v) is 13.8. The second kappa shape index (κ2) is 6.49. The van der Waals surface area contributed by atoms with E-state index in [0.29, 0.717) is 12.6 Å². The summed E-state index contributed by atoms with van der Waals surface area (Å²) in [5, 5.41) is 8.63. The van der Waals surface area contributed by atoms with Crippen molar-refractivity contribution in [3.8, 4) is 0 Å². The van der Waals surface area contributed by atoms with Crippen LogP contribution >= 0.6 is 11.8 Å². The number of likely N-dealkylation sites (tertiary alicyclic amines) is 1. The maximum atomic E-state index is 12.3. The van der Waals surface area contributed by atoms with Gasteiger partial charge in [0.1, 0.15) is 6.26 Å². The van der Waals surface area contributed by atoms with E-state index in [2.05, 4.69) is 15.2 Å². The van der Waals surface area contributed by atoms with E-state index in [1.165, 1.54) is 0 Å². The molecule has 0 aromatic carbocycles. The van der Waals surface area contributed by atoms with Crippen LogP contribution < -0.4 is 5.56 Å². The summed E-state index contributed by atoms with van der Waals surface area (Å²) in [5.41, 5.74) is 3.19. The highest BCUT2D eigenvalue weighted by atomic mass is 32.2. The molecule has 6 nitrogen and oxygen atoms in total. The van der Waals surface area contributed by atoms with E-state index in [4.69, 9.17) is 4.52 Å². The molecule has 122 valence electrons. The Kier molecular flexibility index (Phi) is 4.22. The lowest BCUT2D eigenvalue weighted by Crippen LogP contribution is -2.37. The maximum absolute atomic E-state index is 12.3. The van der Waals surface area contributed by atoms with Gasteiger partial charge in [-0.1, -0.05) is 5.16 Å². The van der Waals surface area contributed by atoms with Crippen molar-refractivity contribution in [3.05, 3.63) is 45.7 Å². The molecular formula is C16H20N4O2S. The van der Waals surface area contributed by atoms with Crippen LogP contribution in [-0.4, -0.2) is 38.2 Å². The fourth-order valence-electron chi connectivity index (χ4n) is 3.42. The minimum Gasteiger partial charge on any atom is -0.364 e. The van der Waals surface area contributed by atoms with Gasteiger partial charge >= 0.3 is 0 Å². The fourth-order valence-corrected chi connectivity index (χ4v) is 4.37. The Morgan fingerprint density at radius 3 is 3.26 bits per heavy atom. The number of hydrogen-bond donors (Lipinski definition) is 0. The van der Waals surface area contributed by atoms with E-state index in [0.717, 1.165) is 60.8 Å². The molecule has 2 aromatic heterocycles. The number of rotatable bonds is 4. The van der Waals surface area contributed by atoms with Gasteiger partial charge in [0.2, 0.25) is 0 Å². The van der Waals surface area contributed by atoms with Crippen molar-refractivity contribution in [1.29, 1.82) is 0 Å². The third-order valence-corrected chi connectivity index (χ3v) is 5.65. The van der Waals surface area contributed by atoms with Crippen molar-refractivity contribution in [2.45, 2.75) is 44.1 Å². The average Bonchev–Trinajstić information content (AvgIpc) is 3.21. The summed E-state index contributed by atoms with van der Waals surface area (Å²) < 4.78 is 6.58. The summed E-state index contributed by atoms with van der Waals surface area (Å²) in [7, 11) is 0. The first kappa shape index (κ1) is 15.0. The van der Waals surface area contributed by atoms with E-state index in [1.807, 2.05) is 17.8 Å². The molecule has 7 heteroatoms. The number of nitrogens with zero attached hydrogens (tertiary/aromatic N) is 4. The number of hydrogen-bond acceptors (Lipinski definition) is 6. The van der Waals surface area contributed by atoms with E-state index >= 15 is 0 Å². The Balaban J connectivity index is 1.51. The minimum absolute atomic E-state index is 0.0273. The quantitative estimate of drug-likeness (QED) is 0.849. The molecule has 0 aliphatic carbocycles. The van der Waals surface area contributed by atoms with Crippen LogP contribution in [0.3, 0.4) is 0 Å². The lowest BCUT2D eigenvalue weighted by molar-refractivity contribution is 0.210. The van der Waals surface area contributed by atoms with Crippen LogP contribution in [0.5, 0.6) is 0 Å². The highest BCUT2D eigenvalue weighted by Crippen LogP contribution is 2.23. The van der Waals surface area contributed by atoms with E-state index in [1.54, 1.807) is 17.0 Å². The molecule has 0 amide bonds. The number of aromatic nitrogens is 3. The lowest BCUT2D eigenvalue weighted by atomic mass is 10.2. The lowest BCUT2D eigenvalue weighted by Gasteiger charge is -2.24. The molecule has 0 spiro atoms. The molecule has 23 heavy (non-hydrogen) atoms. The molecule has 0 bridgehead atoms. The van der Waals surface area contributed by atoms with Crippen LogP contribution in [0.4, 0.5) is 0 Å². The minimum atomic E-state index is 0.0273. The molecule has 0 radical (unpaired) electrons. The molecule has 4 heterocycles. The Bertz CT molecular complexity index is 728. The van der Waals surface area contributed by atoms with Gasteiger partial charge in [-0.25, -0.2) is 4.68 Å². The number of fused-ring (bicyclic) bond motifs is 1. The third-order valence-electron chi connectivity index (χ3n) is 4.64. The summed E-state index contributed by atoms with van der Waals surface area (Å²) in [6.45, 7) is 2.47. The first-order chi connectivity index (χ1) is 11.3. The molecule has 0 saturated carbocycles. The van der Waals surface area contributed by atoms with Gasteiger partial charge in [0.25, 0.3) is 5.56 Å². The van der Waals surface area contributed by atoms with Gasteiger partial charge in [-0.05, 0) is 30.7 Å². The first-order valence-electron chi connectivity index (χ1n) is 8.10. The van der Waals surface area contributed by atoms with Gasteiger partial charge in [-0.2, -0.15) is 16.9 Å². The SMILES string of the molecule is O=c1cc2c(nn1CC1CCCN1Cc1ccon1)CCSC2. The maximum Gasteiger partial charge on any atom is 0.267 e. The second-order valence-electron chi connectivity index (χ2n) is 6.20. The van der Waals surface area contributed by atoms with Crippen LogP contribution in [0.25, 0.3) is 0 Å². The third kappa shape index (κ3) is 3.21. The molecule has 1 unspecified atom stereocenters. The van der Waals surface area contributed by atoms with Crippen LogP contribution in [-0.2, 0) is 25.3 Å². The van der Waals surface area contributed by atoms with Crippen LogP contribution in [0.15, 0.2) is 27.7 Å². The van der Waals surface area contributed by atoms with E-state index in [-0.39, 0.29) is 5.56 Å². The van der Waals surface area contributed by atoms with Gasteiger partial charge in [0.15, 0.2) is 0 Å². The van der Waals surface area contributed by atoms with Gasteiger partial charge in [0.05, 0.1) is 17.9 Å². The van der Waals surface area contributed by atoms with Crippen LogP contribution in [0.1, 0.15) is 29.8 Å². The summed E-state index contributed by atoms with van der Waals surface area (Å²) in [5.74, 6) is 2.01. The zero-order valence-electron chi connectivity index (χ0n) is 13.0. The van der Waals surface area contributed by atoms with Gasteiger partial charge in [-0.3, -0.25) is 9.69 Å². The summed E-state index contributed by atoms with van der Waals surface area (Å²) in [6, 6.07) is 4.02. The Hall–Kier alpha value is -1.60. The van der Waals surface area contributed by atoms with Crippen LogP contribution in [0.2, 0.25) is 0 Å². The van der Waals surface area contributed by atoms with Gasteiger partial charge in [-0.15, -0.1) is 0 Å².